The topological polar surface area (TPSA) is 70.0 Å². The molecule has 1 unspecified atom stereocenters. The molecule has 1 rings (SSSR count). The maximum Gasteiger partial charge on any atom is 0.409 e. The largest absolute Gasteiger partial charge is 0.465 e. The van der Waals surface area contributed by atoms with Gasteiger partial charge >= 0.3 is 6.09 Å². The number of aliphatic hydroxyl groups is 1. The van der Waals surface area contributed by atoms with Crippen LogP contribution in [0.3, 0.4) is 0 Å². The first-order valence-corrected chi connectivity index (χ1v) is 3.82. The fourth-order valence-corrected chi connectivity index (χ4v) is 1.52. The fraction of sp³-hybridized carbons (Fsp3) is 0.857. The Kier molecular flexibility index (Phi) is 2.54. The predicted molar refractivity (Wildman–Crippen MR) is 40.8 cm³/mol. The van der Waals surface area contributed by atoms with Crippen molar-refractivity contribution in [1.82, 2.24) is 4.90 Å². The summed E-state index contributed by atoms with van der Waals surface area (Å²) in [6.07, 6.45) is 0.0475. The molecule has 0 radical (unpaired) electrons. The summed E-state index contributed by atoms with van der Waals surface area (Å²) in [6.45, 7) is 0.425. The summed E-state index contributed by atoms with van der Waals surface area (Å²) >= 11 is 0. The van der Waals surface area contributed by atoms with E-state index < -0.39 is 11.8 Å². The van der Waals surface area contributed by atoms with Crippen LogP contribution in [0.5, 0.6) is 0 Å². The lowest BCUT2D eigenvalue weighted by molar-refractivity contribution is -0.109. The van der Waals surface area contributed by atoms with Crippen LogP contribution < -0.4 is 0 Å². The number of amides is 1. The second kappa shape index (κ2) is 3.28. The maximum absolute atomic E-state index is 10.6. The third-order valence-electron chi connectivity index (χ3n) is 2.07. The lowest BCUT2D eigenvalue weighted by Gasteiger charge is -2.30. The number of carbonyl (C=O) groups is 1. The van der Waals surface area contributed by atoms with Gasteiger partial charge in [-0.1, -0.05) is 0 Å². The molecule has 1 aliphatic rings. The zero-order valence-electron chi connectivity index (χ0n) is 6.99. The molecule has 1 heterocycles. The molecule has 1 atom stereocenters. The molecule has 0 saturated carbocycles. The summed E-state index contributed by atoms with van der Waals surface area (Å²) in [5.41, 5.74) is -1.30. The van der Waals surface area contributed by atoms with E-state index in [2.05, 4.69) is 0 Å². The van der Waals surface area contributed by atoms with Gasteiger partial charge < -0.3 is 14.9 Å². The number of nitrogens with zero attached hydrogens (tertiary/aromatic N) is 1. The molecule has 0 aliphatic carbocycles. The van der Waals surface area contributed by atoms with E-state index in [-0.39, 0.29) is 6.61 Å². The van der Waals surface area contributed by atoms with Gasteiger partial charge in [-0.25, -0.2) is 4.79 Å². The van der Waals surface area contributed by atoms with E-state index in [0.717, 1.165) is 4.90 Å². The molecule has 0 aromatic rings. The average molecular weight is 175 g/mol. The molecule has 1 fully saturated rings. The summed E-state index contributed by atoms with van der Waals surface area (Å²) in [5, 5.41) is 18.4. The number of likely N-dealkylation sites (tertiary alicyclic amines) is 1. The summed E-state index contributed by atoms with van der Waals surface area (Å²) in [6, 6.07) is 0. The van der Waals surface area contributed by atoms with Gasteiger partial charge in [0.15, 0.2) is 5.72 Å². The maximum atomic E-state index is 10.6. The quantitative estimate of drug-likeness (QED) is 0.624. The minimum absolute atomic E-state index is 0.0410. The van der Waals surface area contributed by atoms with Gasteiger partial charge in [0.1, 0.15) is 0 Å². The number of ether oxygens (including phenoxy) is 1. The van der Waals surface area contributed by atoms with Gasteiger partial charge in [-0.05, 0) is 12.8 Å². The SMILES string of the molecule is COCC1(O)CCCN1C(=O)O. The molecular weight excluding hydrogens is 162 g/mol. The van der Waals surface area contributed by atoms with E-state index in [0.29, 0.717) is 19.4 Å². The number of hydrogen-bond donors (Lipinski definition) is 2. The summed E-state index contributed by atoms with van der Waals surface area (Å²) in [4.78, 5) is 11.6. The first-order chi connectivity index (χ1) is 5.60. The number of hydrogen-bond acceptors (Lipinski definition) is 3. The van der Waals surface area contributed by atoms with Crippen LogP contribution in [0.2, 0.25) is 0 Å². The Bertz CT molecular complexity index is 184. The molecule has 1 amide bonds. The van der Waals surface area contributed by atoms with Crippen molar-refractivity contribution < 1.29 is 19.7 Å². The molecular formula is C7H13NO4. The third kappa shape index (κ3) is 1.51. The average Bonchev–Trinajstić information content (AvgIpc) is 2.32. The smallest absolute Gasteiger partial charge is 0.409 e. The van der Waals surface area contributed by atoms with E-state index in [4.69, 9.17) is 9.84 Å². The Hall–Kier alpha value is -0.810. The van der Waals surface area contributed by atoms with Crippen molar-refractivity contribution in [2.24, 2.45) is 0 Å². The van der Waals surface area contributed by atoms with Crippen LogP contribution in [0.4, 0.5) is 4.79 Å². The number of carboxylic acid groups (broad SMARTS) is 1. The number of methoxy groups -OCH3 is 1. The highest BCUT2D eigenvalue weighted by molar-refractivity contribution is 5.66. The molecule has 5 nitrogen and oxygen atoms in total. The van der Waals surface area contributed by atoms with Crippen LogP contribution in [-0.2, 0) is 4.74 Å². The molecule has 0 aromatic carbocycles. The minimum Gasteiger partial charge on any atom is -0.465 e. The van der Waals surface area contributed by atoms with Gasteiger partial charge in [0, 0.05) is 13.7 Å². The van der Waals surface area contributed by atoms with Crippen molar-refractivity contribution in [3.05, 3.63) is 0 Å². The molecule has 2 N–H and O–H groups in total. The van der Waals surface area contributed by atoms with Crippen molar-refractivity contribution in [3.8, 4) is 0 Å². The second-order valence-corrected chi connectivity index (χ2v) is 2.95. The summed E-state index contributed by atoms with van der Waals surface area (Å²) in [5.74, 6) is 0. The van der Waals surface area contributed by atoms with Crippen molar-refractivity contribution in [1.29, 1.82) is 0 Å². The molecule has 0 bridgehead atoms. The Morgan fingerprint density at radius 3 is 2.92 bits per heavy atom. The van der Waals surface area contributed by atoms with Crippen LogP contribution in [-0.4, -0.2) is 47.2 Å². The first-order valence-electron chi connectivity index (χ1n) is 3.82. The van der Waals surface area contributed by atoms with Crippen molar-refractivity contribution in [3.63, 3.8) is 0 Å². The Morgan fingerprint density at radius 2 is 2.42 bits per heavy atom. The second-order valence-electron chi connectivity index (χ2n) is 2.95. The van der Waals surface area contributed by atoms with Gasteiger partial charge in [0.05, 0.1) is 6.61 Å². The highest BCUT2D eigenvalue weighted by Crippen LogP contribution is 2.26. The Balaban J connectivity index is 2.67. The predicted octanol–water partition coefficient (Wildman–Crippen LogP) is 0.0952. The highest BCUT2D eigenvalue weighted by atomic mass is 16.5. The number of rotatable bonds is 2. The van der Waals surface area contributed by atoms with Gasteiger partial charge in [0.2, 0.25) is 0 Å². The monoisotopic (exact) mass is 175 g/mol. The van der Waals surface area contributed by atoms with Crippen LogP contribution in [0.1, 0.15) is 12.8 Å². The van der Waals surface area contributed by atoms with Crippen LogP contribution in [0.25, 0.3) is 0 Å². The van der Waals surface area contributed by atoms with E-state index in [1.165, 1.54) is 7.11 Å². The van der Waals surface area contributed by atoms with E-state index in [1.54, 1.807) is 0 Å². The molecule has 12 heavy (non-hydrogen) atoms. The Morgan fingerprint density at radius 1 is 1.75 bits per heavy atom. The van der Waals surface area contributed by atoms with Crippen molar-refractivity contribution >= 4 is 6.09 Å². The minimum atomic E-state index is -1.30. The standard InChI is InChI=1S/C7H13NO4/c1-12-5-7(11)3-2-4-8(7)6(9)10/h11H,2-5H2,1H3,(H,9,10). The van der Waals surface area contributed by atoms with E-state index in [9.17, 15) is 9.90 Å². The van der Waals surface area contributed by atoms with E-state index in [1.807, 2.05) is 0 Å². The highest BCUT2D eigenvalue weighted by Gasteiger charge is 2.42. The fourth-order valence-electron chi connectivity index (χ4n) is 1.52. The normalized spacial score (nSPS) is 29.3. The Labute approximate surface area is 70.5 Å². The molecule has 1 saturated heterocycles. The first kappa shape index (κ1) is 9.28. The van der Waals surface area contributed by atoms with Crippen LogP contribution in [0, 0.1) is 0 Å². The van der Waals surface area contributed by atoms with Crippen LogP contribution >= 0.6 is 0 Å². The molecule has 5 heteroatoms. The van der Waals surface area contributed by atoms with Gasteiger partial charge in [-0.2, -0.15) is 0 Å². The summed E-state index contributed by atoms with van der Waals surface area (Å²) < 4.78 is 4.75. The van der Waals surface area contributed by atoms with Crippen molar-refractivity contribution in [2.75, 3.05) is 20.3 Å². The zero-order chi connectivity index (χ0) is 9.19. The zero-order valence-corrected chi connectivity index (χ0v) is 6.99. The lowest BCUT2D eigenvalue weighted by atomic mass is 10.2. The van der Waals surface area contributed by atoms with Crippen LogP contribution in [0.15, 0.2) is 0 Å². The van der Waals surface area contributed by atoms with Gasteiger partial charge in [-0.3, -0.25) is 4.90 Å². The molecule has 0 aromatic heterocycles. The van der Waals surface area contributed by atoms with Gasteiger partial charge in [-0.15, -0.1) is 0 Å². The molecule has 0 spiro atoms. The lowest BCUT2D eigenvalue weighted by Crippen LogP contribution is -2.49. The van der Waals surface area contributed by atoms with E-state index >= 15 is 0 Å². The van der Waals surface area contributed by atoms with Crippen molar-refractivity contribution in [2.45, 2.75) is 18.6 Å². The third-order valence-corrected chi connectivity index (χ3v) is 2.07. The summed E-state index contributed by atoms with van der Waals surface area (Å²) in [7, 11) is 1.44. The van der Waals surface area contributed by atoms with Gasteiger partial charge in [0.25, 0.3) is 0 Å². The molecule has 70 valence electrons. The molecule has 1 aliphatic heterocycles.